The Morgan fingerprint density at radius 1 is 1.67 bits per heavy atom. The number of hydrogen-bond acceptors (Lipinski definition) is 3. The minimum absolute atomic E-state index is 0.707. The van der Waals surface area contributed by atoms with Gasteiger partial charge in [0.2, 0.25) is 0 Å². The zero-order valence-corrected chi connectivity index (χ0v) is 8.02. The first-order valence-corrected chi connectivity index (χ1v) is 4.16. The Morgan fingerprint density at radius 3 is 2.75 bits per heavy atom. The quantitative estimate of drug-likeness (QED) is 0.533. The lowest BCUT2D eigenvalue weighted by Gasteiger charge is -2.00. The molecule has 1 aromatic heterocycles. The number of hydrogen-bond donors (Lipinski definition) is 2. The molecule has 1 aromatic rings. The summed E-state index contributed by atoms with van der Waals surface area (Å²) in [7, 11) is 1.88. The summed E-state index contributed by atoms with van der Waals surface area (Å²) < 4.78 is 1.79. The molecule has 0 amide bonds. The predicted molar refractivity (Wildman–Crippen MR) is 48.8 cm³/mol. The molecule has 0 saturated carbocycles. The van der Waals surface area contributed by atoms with Gasteiger partial charge in [-0.15, -0.1) is 0 Å². The van der Waals surface area contributed by atoms with Crippen LogP contribution in [0.15, 0.2) is 0 Å². The minimum Gasteiger partial charge on any atom is -0.271 e. The summed E-state index contributed by atoms with van der Waals surface area (Å²) in [5.74, 6) is 5.16. The Balaban J connectivity index is 2.82. The molecule has 1 heterocycles. The van der Waals surface area contributed by atoms with Gasteiger partial charge in [-0.3, -0.25) is 16.0 Å². The van der Waals surface area contributed by atoms with Crippen LogP contribution in [0.5, 0.6) is 0 Å². The molecule has 12 heavy (non-hydrogen) atoms. The summed E-state index contributed by atoms with van der Waals surface area (Å²) in [4.78, 5) is 0. The molecule has 0 unspecified atom stereocenters. The first kappa shape index (κ1) is 9.51. The van der Waals surface area contributed by atoms with Crippen LogP contribution in [0.25, 0.3) is 0 Å². The highest BCUT2D eigenvalue weighted by Gasteiger charge is 2.09. The van der Waals surface area contributed by atoms with E-state index in [0.717, 1.165) is 22.8 Å². The topological polar surface area (TPSA) is 55.9 Å². The van der Waals surface area contributed by atoms with Gasteiger partial charge in [0.15, 0.2) is 0 Å². The van der Waals surface area contributed by atoms with E-state index < -0.39 is 0 Å². The lowest BCUT2D eigenvalue weighted by molar-refractivity contribution is 0.659. The Morgan fingerprint density at radius 2 is 2.33 bits per heavy atom. The maximum atomic E-state index is 6.00. The highest BCUT2D eigenvalue weighted by atomic mass is 35.5. The zero-order valence-electron chi connectivity index (χ0n) is 7.26. The van der Waals surface area contributed by atoms with E-state index in [9.17, 15) is 0 Å². The normalized spacial score (nSPS) is 10.7. The van der Waals surface area contributed by atoms with Gasteiger partial charge in [-0.1, -0.05) is 11.6 Å². The third-order valence-electron chi connectivity index (χ3n) is 1.77. The molecule has 0 fully saturated rings. The van der Waals surface area contributed by atoms with Gasteiger partial charge in [0, 0.05) is 20.0 Å². The second-order valence-corrected chi connectivity index (χ2v) is 3.05. The van der Waals surface area contributed by atoms with Crippen LogP contribution in [-0.4, -0.2) is 16.3 Å². The number of hydrazine groups is 1. The molecule has 0 spiro atoms. The molecule has 68 valence electrons. The summed E-state index contributed by atoms with van der Waals surface area (Å²) in [6.45, 7) is 2.60. The molecule has 0 bridgehead atoms. The van der Waals surface area contributed by atoms with Gasteiger partial charge < -0.3 is 0 Å². The van der Waals surface area contributed by atoms with E-state index >= 15 is 0 Å². The summed E-state index contributed by atoms with van der Waals surface area (Å²) in [5.41, 5.74) is 4.47. The number of aryl methyl sites for hydroxylation is 2. The van der Waals surface area contributed by atoms with Crippen LogP contribution in [0.3, 0.4) is 0 Å². The molecule has 0 aliphatic carbocycles. The van der Waals surface area contributed by atoms with E-state index in [4.69, 9.17) is 17.4 Å². The van der Waals surface area contributed by atoms with Crippen molar-refractivity contribution in [1.82, 2.24) is 15.2 Å². The Labute approximate surface area is 76.7 Å². The number of nitrogens with one attached hydrogen (secondary N) is 1. The summed E-state index contributed by atoms with van der Waals surface area (Å²) in [6, 6.07) is 0. The van der Waals surface area contributed by atoms with Crippen LogP contribution in [-0.2, 0) is 13.5 Å². The molecule has 0 saturated heterocycles. The highest BCUT2D eigenvalue weighted by Crippen LogP contribution is 2.19. The van der Waals surface area contributed by atoms with Gasteiger partial charge in [-0.05, 0) is 6.92 Å². The molecule has 0 aliphatic heterocycles. The van der Waals surface area contributed by atoms with Crippen LogP contribution in [0, 0.1) is 6.92 Å². The number of nitrogens with two attached hydrogens (primary N) is 1. The monoisotopic (exact) mass is 188 g/mol. The Bertz CT molecular complexity index is 269. The average Bonchev–Trinajstić information content (AvgIpc) is 2.25. The van der Waals surface area contributed by atoms with Crippen LogP contribution in [0.2, 0.25) is 5.02 Å². The SMILES string of the molecule is Cc1nn(C)c(CCNN)c1Cl. The smallest absolute Gasteiger partial charge is 0.0847 e. The van der Waals surface area contributed by atoms with Crippen LogP contribution in [0.4, 0.5) is 0 Å². The van der Waals surface area contributed by atoms with Crippen molar-refractivity contribution in [2.75, 3.05) is 6.54 Å². The van der Waals surface area contributed by atoms with Gasteiger partial charge in [0.25, 0.3) is 0 Å². The van der Waals surface area contributed by atoms with Crippen LogP contribution >= 0.6 is 11.6 Å². The molecule has 0 atom stereocenters. The fourth-order valence-electron chi connectivity index (χ4n) is 1.14. The number of aromatic nitrogens is 2. The molecule has 0 aromatic carbocycles. The van der Waals surface area contributed by atoms with Gasteiger partial charge in [-0.2, -0.15) is 5.10 Å². The summed E-state index contributed by atoms with van der Waals surface area (Å²) >= 11 is 6.00. The standard InChI is InChI=1S/C7H13ClN4/c1-5-7(8)6(3-4-10-9)12(2)11-5/h10H,3-4,9H2,1-2H3. The number of halogens is 1. The molecular weight excluding hydrogens is 176 g/mol. The Kier molecular flexibility index (Phi) is 3.08. The third-order valence-corrected chi connectivity index (χ3v) is 2.26. The van der Waals surface area contributed by atoms with Crippen molar-refractivity contribution >= 4 is 11.6 Å². The van der Waals surface area contributed by atoms with Crippen molar-refractivity contribution in [3.8, 4) is 0 Å². The van der Waals surface area contributed by atoms with E-state index in [1.807, 2.05) is 14.0 Å². The fraction of sp³-hybridized carbons (Fsp3) is 0.571. The largest absolute Gasteiger partial charge is 0.271 e. The maximum Gasteiger partial charge on any atom is 0.0847 e. The summed E-state index contributed by atoms with van der Waals surface area (Å²) in [6.07, 6.45) is 0.798. The van der Waals surface area contributed by atoms with E-state index in [1.165, 1.54) is 0 Å². The van der Waals surface area contributed by atoms with Crippen LogP contribution < -0.4 is 11.3 Å². The van der Waals surface area contributed by atoms with Crippen molar-refractivity contribution in [2.24, 2.45) is 12.9 Å². The van der Waals surface area contributed by atoms with Crippen molar-refractivity contribution in [1.29, 1.82) is 0 Å². The fourth-order valence-corrected chi connectivity index (χ4v) is 1.40. The van der Waals surface area contributed by atoms with Crippen molar-refractivity contribution in [2.45, 2.75) is 13.3 Å². The van der Waals surface area contributed by atoms with Gasteiger partial charge >= 0.3 is 0 Å². The number of nitrogens with zero attached hydrogens (tertiary/aromatic N) is 2. The predicted octanol–water partition coefficient (Wildman–Crippen LogP) is 0.388. The Hall–Kier alpha value is -0.580. The van der Waals surface area contributed by atoms with E-state index in [1.54, 1.807) is 4.68 Å². The second kappa shape index (κ2) is 3.89. The number of rotatable bonds is 3. The van der Waals surface area contributed by atoms with E-state index in [2.05, 4.69) is 10.5 Å². The van der Waals surface area contributed by atoms with Crippen molar-refractivity contribution in [3.05, 3.63) is 16.4 Å². The maximum absolute atomic E-state index is 6.00. The van der Waals surface area contributed by atoms with Gasteiger partial charge in [0.1, 0.15) is 0 Å². The molecule has 5 heteroatoms. The lowest BCUT2D eigenvalue weighted by atomic mass is 10.3. The first-order chi connectivity index (χ1) is 5.66. The molecule has 4 nitrogen and oxygen atoms in total. The van der Waals surface area contributed by atoms with E-state index in [0.29, 0.717) is 6.54 Å². The van der Waals surface area contributed by atoms with Gasteiger partial charge in [0.05, 0.1) is 16.4 Å². The van der Waals surface area contributed by atoms with Crippen molar-refractivity contribution in [3.63, 3.8) is 0 Å². The van der Waals surface area contributed by atoms with Crippen LogP contribution in [0.1, 0.15) is 11.4 Å². The second-order valence-electron chi connectivity index (χ2n) is 2.67. The average molecular weight is 189 g/mol. The third kappa shape index (κ3) is 1.77. The molecule has 0 aliphatic rings. The van der Waals surface area contributed by atoms with Crippen molar-refractivity contribution < 1.29 is 0 Å². The van der Waals surface area contributed by atoms with E-state index in [-0.39, 0.29) is 0 Å². The summed E-state index contributed by atoms with van der Waals surface area (Å²) in [5, 5.41) is 4.92. The zero-order chi connectivity index (χ0) is 9.14. The minimum atomic E-state index is 0.707. The first-order valence-electron chi connectivity index (χ1n) is 3.78. The molecule has 3 N–H and O–H groups in total. The van der Waals surface area contributed by atoms with Gasteiger partial charge in [-0.25, -0.2) is 0 Å². The lowest BCUT2D eigenvalue weighted by Crippen LogP contribution is -2.25. The molecule has 1 rings (SSSR count). The molecule has 0 radical (unpaired) electrons. The highest BCUT2D eigenvalue weighted by molar-refractivity contribution is 6.31. The molecular formula is C7H13ClN4.